The van der Waals surface area contributed by atoms with E-state index in [1.54, 1.807) is 0 Å². The number of guanidine groups is 1. The van der Waals surface area contributed by atoms with Gasteiger partial charge in [-0.1, -0.05) is 19.9 Å². The van der Waals surface area contributed by atoms with Gasteiger partial charge in [-0.25, -0.2) is 0 Å². The molecule has 0 fully saturated rings. The molecule has 1 atom stereocenters. The Morgan fingerprint density at radius 1 is 1.25 bits per heavy atom. The zero-order valence-corrected chi connectivity index (χ0v) is 17.7. The molecule has 0 spiro atoms. The number of aromatic nitrogens is 1. The van der Waals surface area contributed by atoms with Gasteiger partial charge in [-0.15, -0.1) is 24.0 Å². The van der Waals surface area contributed by atoms with Crippen molar-refractivity contribution < 1.29 is 4.74 Å². The van der Waals surface area contributed by atoms with Crippen LogP contribution in [0.1, 0.15) is 39.8 Å². The Balaban J connectivity index is 0.00000529. The molecule has 1 aromatic heterocycles. The number of aliphatic imine (C=N–C) groups is 1. The summed E-state index contributed by atoms with van der Waals surface area (Å²) in [7, 11) is 0. The topological polar surface area (TPSA) is 58.5 Å². The molecule has 24 heavy (non-hydrogen) atoms. The molecule has 0 amide bonds. The zero-order chi connectivity index (χ0) is 16.9. The van der Waals surface area contributed by atoms with Gasteiger partial charge >= 0.3 is 0 Å². The second kappa shape index (κ2) is 14.5. The molecule has 0 aliphatic carbocycles. The van der Waals surface area contributed by atoms with Crippen LogP contribution in [0.3, 0.4) is 0 Å². The number of nitrogens with zero attached hydrogens (tertiary/aromatic N) is 2. The van der Waals surface area contributed by atoms with E-state index in [1.807, 2.05) is 31.3 Å². The lowest BCUT2D eigenvalue weighted by Crippen LogP contribution is -2.38. The highest BCUT2D eigenvalue weighted by Crippen LogP contribution is 2.10. The molecule has 0 aromatic carbocycles. The highest BCUT2D eigenvalue weighted by Gasteiger charge is 2.12. The molecule has 0 saturated heterocycles. The molecular formula is C18H33IN4O. The highest BCUT2D eigenvalue weighted by atomic mass is 127. The van der Waals surface area contributed by atoms with Gasteiger partial charge in [-0.2, -0.15) is 0 Å². The van der Waals surface area contributed by atoms with Gasteiger partial charge in [0, 0.05) is 44.6 Å². The fraction of sp³-hybridized carbons (Fsp3) is 0.667. The van der Waals surface area contributed by atoms with Crippen LogP contribution in [0, 0.1) is 5.92 Å². The van der Waals surface area contributed by atoms with Crippen LogP contribution in [0.4, 0.5) is 0 Å². The minimum atomic E-state index is 0. The van der Waals surface area contributed by atoms with Crippen LogP contribution in [0.15, 0.2) is 29.4 Å². The van der Waals surface area contributed by atoms with Crippen molar-refractivity contribution in [2.75, 3.05) is 26.2 Å². The number of hydrogen-bond donors (Lipinski definition) is 2. The minimum Gasteiger partial charge on any atom is -0.378 e. The first kappa shape index (κ1) is 23.1. The van der Waals surface area contributed by atoms with E-state index in [9.17, 15) is 0 Å². The number of rotatable bonds is 10. The van der Waals surface area contributed by atoms with Crippen molar-refractivity contribution in [2.45, 2.75) is 46.6 Å². The molecule has 1 unspecified atom stereocenters. The maximum absolute atomic E-state index is 5.77. The van der Waals surface area contributed by atoms with E-state index in [0.717, 1.165) is 50.7 Å². The van der Waals surface area contributed by atoms with Gasteiger partial charge in [0.25, 0.3) is 0 Å². The van der Waals surface area contributed by atoms with E-state index in [4.69, 9.17) is 4.74 Å². The van der Waals surface area contributed by atoms with Gasteiger partial charge in [-0.3, -0.25) is 9.98 Å². The number of pyridine rings is 1. The largest absolute Gasteiger partial charge is 0.378 e. The SMILES string of the molecule is CCNC(=NCCC(OCC)C(C)C)NCCc1ccccn1.I. The van der Waals surface area contributed by atoms with Gasteiger partial charge in [0.15, 0.2) is 5.96 Å². The molecule has 0 bridgehead atoms. The van der Waals surface area contributed by atoms with Crippen LogP contribution in [0.25, 0.3) is 0 Å². The monoisotopic (exact) mass is 448 g/mol. The van der Waals surface area contributed by atoms with Gasteiger partial charge < -0.3 is 15.4 Å². The fourth-order valence-corrected chi connectivity index (χ4v) is 2.32. The average Bonchev–Trinajstić information content (AvgIpc) is 2.55. The van der Waals surface area contributed by atoms with Crippen LogP contribution in [-0.4, -0.2) is 43.3 Å². The standard InChI is InChI=1S/C18H32N4O.HI/c1-5-19-18(21-13-10-16-9-7-8-12-20-16)22-14-11-17(15(3)4)23-6-2;/h7-9,12,15,17H,5-6,10-11,13-14H2,1-4H3,(H2,19,21,22);1H. The first-order valence-corrected chi connectivity index (χ1v) is 8.71. The predicted molar refractivity (Wildman–Crippen MR) is 112 cm³/mol. The van der Waals surface area contributed by atoms with Crippen LogP contribution in [0.2, 0.25) is 0 Å². The van der Waals surface area contributed by atoms with Crippen molar-refractivity contribution >= 4 is 29.9 Å². The maximum Gasteiger partial charge on any atom is 0.191 e. The molecule has 5 nitrogen and oxygen atoms in total. The molecule has 0 aliphatic heterocycles. The fourth-order valence-electron chi connectivity index (χ4n) is 2.32. The molecule has 1 heterocycles. The lowest BCUT2D eigenvalue weighted by molar-refractivity contribution is 0.0266. The molecular weight excluding hydrogens is 415 g/mol. The summed E-state index contributed by atoms with van der Waals surface area (Å²) in [6.45, 7) is 11.7. The lowest BCUT2D eigenvalue weighted by atomic mass is 10.0. The third kappa shape index (κ3) is 10.1. The Labute approximate surface area is 164 Å². The van der Waals surface area contributed by atoms with Crippen LogP contribution in [0.5, 0.6) is 0 Å². The number of halogens is 1. The highest BCUT2D eigenvalue weighted by molar-refractivity contribution is 14.0. The second-order valence-corrected chi connectivity index (χ2v) is 5.78. The van der Waals surface area contributed by atoms with E-state index in [1.165, 1.54) is 0 Å². The van der Waals surface area contributed by atoms with Crippen LogP contribution in [-0.2, 0) is 11.2 Å². The molecule has 0 saturated carbocycles. The van der Waals surface area contributed by atoms with Crippen molar-refractivity contribution in [3.05, 3.63) is 30.1 Å². The molecule has 1 rings (SSSR count). The molecule has 2 N–H and O–H groups in total. The third-order valence-corrected chi connectivity index (χ3v) is 3.55. The summed E-state index contributed by atoms with van der Waals surface area (Å²) < 4.78 is 5.77. The summed E-state index contributed by atoms with van der Waals surface area (Å²) >= 11 is 0. The van der Waals surface area contributed by atoms with E-state index in [2.05, 4.69) is 41.4 Å². The average molecular weight is 448 g/mol. The quantitative estimate of drug-likeness (QED) is 0.328. The Morgan fingerprint density at radius 2 is 2.04 bits per heavy atom. The first-order chi connectivity index (χ1) is 11.2. The second-order valence-electron chi connectivity index (χ2n) is 5.78. The predicted octanol–water partition coefficient (Wildman–Crippen LogP) is 3.25. The summed E-state index contributed by atoms with van der Waals surface area (Å²) in [5.74, 6) is 1.38. The Morgan fingerprint density at radius 3 is 2.62 bits per heavy atom. The van der Waals surface area contributed by atoms with Crippen LogP contribution >= 0.6 is 24.0 Å². The van der Waals surface area contributed by atoms with Gasteiger partial charge in [-0.05, 0) is 38.3 Å². The van der Waals surface area contributed by atoms with Crippen molar-refractivity contribution in [2.24, 2.45) is 10.9 Å². The number of hydrogen-bond acceptors (Lipinski definition) is 3. The van der Waals surface area contributed by atoms with E-state index >= 15 is 0 Å². The Bertz CT molecular complexity index is 440. The lowest BCUT2D eigenvalue weighted by Gasteiger charge is -2.20. The van der Waals surface area contributed by atoms with Gasteiger partial charge in [0.1, 0.15) is 0 Å². The van der Waals surface area contributed by atoms with E-state index < -0.39 is 0 Å². The molecule has 1 aromatic rings. The molecule has 0 radical (unpaired) electrons. The molecule has 0 aliphatic rings. The summed E-state index contributed by atoms with van der Waals surface area (Å²) in [4.78, 5) is 8.97. The number of ether oxygens (including phenoxy) is 1. The smallest absolute Gasteiger partial charge is 0.191 e. The summed E-state index contributed by atoms with van der Waals surface area (Å²) in [6.07, 6.45) is 3.94. The minimum absolute atomic E-state index is 0. The molecule has 138 valence electrons. The van der Waals surface area contributed by atoms with Gasteiger partial charge in [0.2, 0.25) is 0 Å². The normalized spacial score (nSPS) is 12.6. The summed E-state index contributed by atoms with van der Waals surface area (Å²) in [5.41, 5.74) is 1.09. The zero-order valence-electron chi connectivity index (χ0n) is 15.4. The Kier molecular flexibility index (Phi) is 13.9. The van der Waals surface area contributed by atoms with Crippen molar-refractivity contribution in [1.29, 1.82) is 0 Å². The van der Waals surface area contributed by atoms with Crippen molar-refractivity contribution in [1.82, 2.24) is 15.6 Å². The van der Waals surface area contributed by atoms with Crippen LogP contribution < -0.4 is 10.6 Å². The Hall–Kier alpha value is -0.890. The molecule has 6 heteroatoms. The van der Waals surface area contributed by atoms with Crippen molar-refractivity contribution in [3.63, 3.8) is 0 Å². The van der Waals surface area contributed by atoms with E-state index in [0.29, 0.717) is 5.92 Å². The third-order valence-electron chi connectivity index (χ3n) is 3.55. The maximum atomic E-state index is 5.77. The van der Waals surface area contributed by atoms with E-state index in [-0.39, 0.29) is 30.1 Å². The van der Waals surface area contributed by atoms with Gasteiger partial charge in [0.05, 0.1) is 6.10 Å². The first-order valence-electron chi connectivity index (χ1n) is 8.71. The van der Waals surface area contributed by atoms with Crippen molar-refractivity contribution in [3.8, 4) is 0 Å². The number of nitrogens with one attached hydrogen (secondary N) is 2. The summed E-state index contributed by atoms with van der Waals surface area (Å²) in [6, 6.07) is 5.99. The summed E-state index contributed by atoms with van der Waals surface area (Å²) in [5, 5.41) is 6.64.